The molecule has 0 aliphatic heterocycles. The highest BCUT2D eigenvalue weighted by Gasteiger charge is 2.22. The molecule has 0 amide bonds. The van der Waals surface area contributed by atoms with E-state index in [-0.39, 0.29) is 11.7 Å². The average Bonchev–Trinajstić information content (AvgIpc) is 2.69. The van der Waals surface area contributed by atoms with Crippen LogP contribution in [0.25, 0.3) is 11.3 Å². The summed E-state index contributed by atoms with van der Waals surface area (Å²) in [7, 11) is -1.84. The predicted molar refractivity (Wildman–Crippen MR) is 116 cm³/mol. The number of rotatable bonds is 5. The quantitative estimate of drug-likeness (QED) is 0.489. The van der Waals surface area contributed by atoms with E-state index in [2.05, 4.69) is 24.6 Å². The van der Waals surface area contributed by atoms with Gasteiger partial charge in [-0.05, 0) is 65.4 Å². The minimum Gasteiger partial charge on any atom is -0.256 e. The molecule has 0 N–H and O–H groups in total. The van der Waals surface area contributed by atoms with Crippen LogP contribution in [0, 0.1) is 12.7 Å². The Kier molecular flexibility index (Phi) is 4.86. The van der Waals surface area contributed by atoms with Crippen molar-refractivity contribution >= 4 is 13.3 Å². The van der Waals surface area contributed by atoms with Gasteiger partial charge in [0.15, 0.2) is 0 Å². The molecule has 0 saturated heterocycles. The number of aryl methyl sites for hydroxylation is 1. The highest BCUT2D eigenvalue weighted by Crippen LogP contribution is 2.25. The molecule has 0 spiro atoms. The van der Waals surface area contributed by atoms with E-state index in [1.165, 1.54) is 6.07 Å². The van der Waals surface area contributed by atoms with Crippen molar-refractivity contribution in [2.24, 2.45) is 0 Å². The fraction of sp³-hybridized carbons (Fsp3) is 0.292. The number of hydrogen-bond donors (Lipinski definition) is 0. The van der Waals surface area contributed by atoms with Crippen LogP contribution in [0.5, 0.6) is 0 Å². The van der Waals surface area contributed by atoms with E-state index in [9.17, 15) is 4.39 Å². The summed E-state index contributed by atoms with van der Waals surface area (Å²) in [6, 6.07) is 16.6. The van der Waals surface area contributed by atoms with Gasteiger partial charge in [0.05, 0.1) is 13.8 Å². The zero-order valence-corrected chi connectivity index (χ0v) is 17.7. The summed E-state index contributed by atoms with van der Waals surface area (Å²) in [6.07, 6.45) is 0.273. The van der Waals surface area contributed by atoms with Crippen LogP contribution >= 0.6 is 0 Å². The Hall–Kier alpha value is -2.26. The normalized spacial score (nSPS) is 14.4. The average molecular weight is 380 g/mol. The maximum absolute atomic E-state index is 13.7. The fourth-order valence-corrected chi connectivity index (χ4v) is 4.60. The van der Waals surface area contributed by atoms with E-state index in [0.29, 0.717) is 16.8 Å². The van der Waals surface area contributed by atoms with Crippen molar-refractivity contribution in [3.8, 4) is 11.3 Å². The first-order chi connectivity index (χ1) is 13.5. The lowest BCUT2D eigenvalue weighted by molar-refractivity contribution is 0.619. The number of pyridine rings is 1. The van der Waals surface area contributed by atoms with E-state index in [0.717, 1.165) is 16.3 Å². The minimum absolute atomic E-state index is 0.249. The van der Waals surface area contributed by atoms with Gasteiger partial charge in [0, 0.05) is 14.5 Å². The summed E-state index contributed by atoms with van der Waals surface area (Å²) < 4.78 is 31.9. The predicted octanol–water partition coefficient (Wildman–Crippen LogP) is 6.09. The smallest absolute Gasteiger partial charge is 0.126 e. The van der Waals surface area contributed by atoms with Gasteiger partial charge in [-0.1, -0.05) is 56.9 Å². The standard InChI is InChI=1S/C24H28FNSi/c1-17(19-9-7-6-8-10-19)13-21-15-23(26-16-24(21)27(3,4)5)20-11-12-22(25)18(2)14-20/h6-12,14-17H,13H2,1-5H3/i13D2. The summed E-state index contributed by atoms with van der Waals surface area (Å²) in [5, 5.41) is 1.02. The van der Waals surface area contributed by atoms with Gasteiger partial charge in [-0.25, -0.2) is 4.39 Å². The monoisotopic (exact) mass is 379 g/mol. The van der Waals surface area contributed by atoms with Gasteiger partial charge in [0.25, 0.3) is 0 Å². The molecule has 3 heteroatoms. The molecule has 0 aliphatic rings. The van der Waals surface area contributed by atoms with E-state index < -0.39 is 14.4 Å². The van der Waals surface area contributed by atoms with Gasteiger partial charge in [-0.2, -0.15) is 0 Å². The number of halogens is 1. The van der Waals surface area contributed by atoms with Gasteiger partial charge in [0.2, 0.25) is 0 Å². The van der Waals surface area contributed by atoms with Crippen LogP contribution in [-0.2, 0) is 6.37 Å². The molecule has 1 nitrogen and oxygen atoms in total. The first-order valence-corrected chi connectivity index (χ1v) is 12.8. The number of aromatic nitrogens is 1. The van der Waals surface area contributed by atoms with Crippen molar-refractivity contribution in [3.05, 3.63) is 83.3 Å². The molecule has 0 bridgehead atoms. The lowest BCUT2D eigenvalue weighted by atomic mass is 9.93. The third-order valence-corrected chi connectivity index (χ3v) is 6.85. The van der Waals surface area contributed by atoms with Crippen LogP contribution in [0.15, 0.2) is 60.8 Å². The molecule has 0 aliphatic carbocycles. The van der Waals surface area contributed by atoms with Gasteiger partial charge < -0.3 is 0 Å². The van der Waals surface area contributed by atoms with Crippen molar-refractivity contribution in [3.63, 3.8) is 0 Å². The fourth-order valence-electron chi connectivity index (χ4n) is 3.19. The summed E-state index contributed by atoms with van der Waals surface area (Å²) in [5.74, 6) is -0.565. The van der Waals surface area contributed by atoms with Crippen LogP contribution in [-0.4, -0.2) is 13.1 Å². The third kappa shape index (κ3) is 4.53. The Morgan fingerprint density at radius 2 is 1.78 bits per heavy atom. The molecule has 0 fully saturated rings. The van der Waals surface area contributed by atoms with Crippen molar-refractivity contribution in [1.82, 2.24) is 4.98 Å². The Balaban J connectivity index is 2.17. The molecule has 1 heterocycles. The summed E-state index contributed by atoms with van der Waals surface area (Å²) >= 11 is 0. The van der Waals surface area contributed by atoms with Crippen LogP contribution in [0.4, 0.5) is 4.39 Å². The molecule has 3 rings (SSSR count). The number of nitrogens with zero attached hydrogens (tertiary/aromatic N) is 1. The first-order valence-electron chi connectivity index (χ1n) is 10.3. The zero-order chi connectivity index (χ0) is 21.4. The molecular weight excluding hydrogens is 349 g/mol. The van der Waals surface area contributed by atoms with Crippen LogP contribution < -0.4 is 5.19 Å². The van der Waals surface area contributed by atoms with E-state index >= 15 is 0 Å². The minimum atomic E-state index is -1.84. The molecule has 3 aromatic rings. The van der Waals surface area contributed by atoms with Gasteiger partial charge in [-0.15, -0.1) is 0 Å². The SMILES string of the molecule is [2H]C([2H])(c1cc(-c2ccc(F)c(C)c2)ncc1[Si](C)(C)C)C(C)c1ccccc1. The van der Waals surface area contributed by atoms with E-state index in [1.54, 1.807) is 19.1 Å². The second-order valence-corrected chi connectivity index (χ2v) is 13.1. The topological polar surface area (TPSA) is 12.9 Å². The second-order valence-electron chi connectivity index (χ2n) is 8.11. The largest absolute Gasteiger partial charge is 0.256 e. The highest BCUT2D eigenvalue weighted by molar-refractivity contribution is 6.89. The summed E-state index contributed by atoms with van der Waals surface area (Å²) in [5.41, 5.74) is 3.69. The Labute approximate surface area is 166 Å². The number of hydrogen-bond acceptors (Lipinski definition) is 1. The maximum Gasteiger partial charge on any atom is 0.126 e. The van der Waals surface area contributed by atoms with Gasteiger partial charge in [0.1, 0.15) is 5.82 Å². The van der Waals surface area contributed by atoms with Crippen LogP contribution in [0.3, 0.4) is 0 Å². The highest BCUT2D eigenvalue weighted by atomic mass is 28.3. The second kappa shape index (κ2) is 7.77. The molecule has 1 unspecified atom stereocenters. The molecule has 1 aromatic heterocycles. The molecule has 0 saturated carbocycles. The molecule has 140 valence electrons. The molecule has 2 aromatic carbocycles. The zero-order valence-electron chi connectivity index (χ0n) is 18.7. The van der Waals surface area contributed by atoms with Crippen molar-refractivity contribution in [2.75, 3.05) is 0 Å². The van der Waals surface area contributed by atoms with Gasteiger partial charge >= 0.3 is 0 Å². The van der Waals surface area contributed by atoms with Crippen LogP contribution in [0.2, 0.25) is 19.6 Å². The van der Waals surface area contributed by atoms with E-state index in [4.69, 9.17) is 2.74 Å². The summed E-state index contributed by atoms with van der Waals surface area (Å²) in [6.45, 7) is 10.3. The molecule has 1 atom stereocenters. The van der Waals surface area contributed by atoms with E-state index in [1.807, 2.05) is 49.5 Å². The van der Waals surface area contributed by atoms with Crippen LogP contribution in [0.1, 0.15) is 32.3 Å². The Morgan fingerprint density at radius 1 is 1.07 bits per heavy atom. The lowest BCUT2D eigenvalue weighted by Gasteiger charge is -2.23. The Bertz CT molecular complexity index is 1010. The molecule has 0 radical (unpaired) electrons. The van der Waals surface area contributed by atoms with Crippen molar-refractivity contribution < 1.29 is 7.13 Å². The third-order valence-electron chi connectivity index (χ3n) is 4.84. The number of benzene rings is 2. The first kappa shape index (κ1) is 16.9. The molecule has 27 heavy (non-hydrogen) atoms. The summed E-state index contributed by atoms with van der Waals surface area (Å²) in [4.78, 5) is 4.64. The lowest BCUT2D eigenvalue weighted by Crippen LogP contribution is -2.40. The maximum atomic E-state index is 13.7. The Morgan fingerprint density at radius 3 is 2.41 bits per heavy atom. The van der Waals surface area contributed by atoms with Crippen molar-refractivity contribution in [2.45, 2.75) is 45.8 Å². The van der Waals surface area contributed by atoms with Gasteiger partial charge in [-0.3, -0.25) is 4.98 Å². The molecular formula is C24H28FNSi. The van der Waals surface area contributed by atoms with Crippen molar-refractivity contribution in [1.29, 1.82) is 0 Å².